The second-order valence-electron chi connectivity index (χ2n) is 4.55. The number of rotatable bonds is 9. The summed E-state index contributed by atoms with van der Waals surface area (Å²) in [4.78, 5) is 21.4. The molecule has 1 unspecified atom stereocenters. The largest absolute Gasteiger partial charge is 0.481 e. The predicted molar refractivity (Wildman–Crippen MR) is 70.2 cm³/mol. The Bertz CT molecular complexity index is 444. The van der Waals surface area contributed by atoms with Crippen LogP contribution in [0.3, 0.4) is 0 Å². The Morgan fingerprint density at radius 1 is 1.15 bits per heavy atom. The van der Waals surface area contributed by atoms with Gasteiger partial charge in [0.15, 0.2) is 5.60 Å². The first-order valence-electron chi connectivity index (χ1n) is 6.23. The molecule has 1 rings (SSSR count). The van der Waals surface area contributed by atoms with Crippen LogP contribution in [0.25, 0.3) is 0 Å². The maximum atomic E-state index is 10.9. The van der Waals surface area contributed by atoms with Gasteiger partial charge in [-0.05, 0) is 18.4 Å². The van der Waals surface area contributed by atoms with Gasteiger partial charge in [0.2, 0.25) is 0 Å². The SMILES string of the molecule is O=C(O)CC(O)(CCCOCc1ccccc1)C(=O)O. The molecule has 0 fully saturated rings. The second-order valence-corrected chi connectivity index (χ2v) is 4.55. The molecule has 0 heterocycles. The van der Waals surface area contributed by atoms with E-state index in [1.807, 2.05) is 30.3 Å². The minimum atomic E-state index is -2.23. The average molecular weight is 282 g/mol. The molecule has 0 spiro atoms. The summed E-state index contributed by atoms with van der Waals surface area (Å²) in [5.41, 5.74) is -1.24. The van der Waals surface area contributed by atoms with Crippen molar-refractivity contribution in [1.29, 1.82) is 0 Å². The molecule has 0 aromatic heterocycles. The molecule has 1 aromatic rings. The van der Waals surface area contributed by atoms with E-state index in [2.05, 4.69) is 0 Å². The van der Waals surface area contributed by atoms with Crippen LogP contribution in [-0.2, 0) is 20.9 Å². The third-order valence-corrected chi connectivity index (χ3v) is 2.83. The van der Waals surface area contributed by atoms with Crippen molar-refractivity contribution in [2.75, 3.05) is 6.61 Å². The van der Waals surface area contributed by atoms with E-state index in [9.17, 15) is 14.7 Å². The van der Waals surface area contributed by atoms with Gasteiger partial charge < -0.3 is 20.1 Å². The van der Waals surface area contributed by atoms with Crippen molar-refractivity contribution in [1.82, 2.24) is 0 Å². The maximum absolute atomic E-state index is 10.9. The number of aliphatic hydroxyl groups is 1. The Kier molecular flexibility index (Phi) is 6.14. The van der Waals surface area contributed by atoms with Crippen molar-refractivity contribution in [3.8, 4) is 0 Å². The number of hydrogen-bond donors (Lipinski definition) is 3. The maximum Gasteiger partial charge on any atom is 0.336 e. The highest BCUT2D eigenvalue weighted by atomic mass is 16.5. The lowest BCUT2D eigenvalue weighted by Gasteiger charge is -2.21. The van der Waals surface area contributed by atoms with Gasteiger partial charge in [-0.2, -0.15) is 0 Å². The predicted octanol–water partition coefficient (Wildman–Crippen LogP) is 1.27. The van der Waals surface area contributed by atoms with Gasteiger partial charge in [-0.25, -0.2) is 4.79 Å². The fraction of sp³-hybridized carbons (Fsp3) is 0.429. The van der Waals surface area contributed by atoms with E-state index in [4.69, 9.17) is 14.9 Å². The van der Waals surface area contributed by atoms with Gasteiger partial charge in [0.1, 0.15) is 0 Å². The lowest BCUT2D eigenvalue weighted by molar-refractivity contribution is -0.166. The number of aliphatic carboxylic acids is 2. The lowest BCUT2D eigenvalue weighted by atomic mass is 9.94. The molecule has 0 aliphatic carbocycles. The Balaban J connectivity index is 2.31. The molecule has 1 aromatic carbocycles. The van der Waals surface area contributed by atoms with Gasteiger partial charge in [-0.1, -0.05) is 30.3 Å². The molecule has 0 aliphatic rings. The van der Waals surface area contributed by atoms with Gasteiger partial charge in [-0.15, -0.1) is 0 Å². The number of benzene rings is 1. The Hall–Kier alpha value is -1.92. The summed E-state index contributed by atoms with van der Waals surface area (Å²) in [7, 11) is 0. The number of carbonyl (C=O) groups is 2. The van der Waals surface area contributed by atoms with Crippen molar-refractivity contribution in [3.63, 3.8) is 0 Å². The molecule has 3 N–H and O–H groups in total. The fourth-order valence-corrected chi connectivity index (χ4v) is 1.75. The summed E-state index contributed by atoms with van der Waals surface area (Å²) >= 11 is 0. The lowest BCUT2D eigenvalue weighted by Crippen LogP contribution is -2.40. The Morgan fingerprint density at radius 2 is 1.80 bits per heavy atom. The minimum Gasteiger partial charge on any atom is -0.481 e. The van der Waals surface area contributed by atoms with E-state index in [1.54, 1.807) is 0 Å². The van der Waals surface area contributed by atoms with E-state index >= 15 is 0 Å². The zero-order valence-electron chi connectivity index (χ0n) is 11.0. The van der Waals surface area contributed by atoms with E-state index in [0.717, 1.165) is 5.56 Å². The van der Waals surface area contributed by atoms with Crippen LogP contribution in [0.15, 0.2) is 30.3 Å². The summed E-state index contributed by atoms with van der Waals surface area (Å²) in [5, 5.41) is 27.2. The van der Waals surface area contributed by atoms with Crippen molar-refractivity contribution in [2.24, 2.45) is 0 Å². The summed E-state index contributed by atoms with van der Waals surface area (Å²) in [6, 6.07) is 9.46. The van der Waals surface area contributed by atoms with Crippen LogP contribution >= 0.6 is 0 Å². The van der Waals surface area contributed by atoms with Gasteiger partial charge in [0.05, 0.1) is 13.0 Å². The first kappa shape index (κ1) is 16.1. The average Bonchev–Trinajstić information content (AvgIpc) is 2.38. The van der Waals surface area contributed by atoms with Gasteiger partial charge in [0.25, 0.3) is 0 Å². The highest BCUT2D eigenvalue weighted by Gasteiger charge is 2.37. The van der Waals surface area contributed by atoms with Crippen molar-refractivity contribution >= 4 is 11.9 Å². The zero-order chi connectivity index (χ0) is 15.0. The van der Waals surface area contributed by atoms with Crippen LogP contribution in [0, 0.1) is 0 Å². The molecule has 20 heavy (non-hydrogen) atoms. The van der Waals surface area contributed by atoms with Gasteiger partial charge >= 0.3 is 11.9 Å². The highest BCUT2D eigenvalue weighted by molar-refractivity contribution is 5.83. The molecule has 0 radical (unpaired) electrons. The molecule has 110 valence electrons. The first-order chi connectivity index (χ1) is 9.44. The smallest absolute Gasteiger partial charge is 0.336 e. The topological polar surface area (TPSA) is 104 Å². The second kappa shape index (κ2) is 7.62. The van der Waals surface area contributed by atoms with Crippen LogP contribution in [0.2, 0.25) is 0 Å². The fourth-order valence-electron chi connectivity index (χ4n) is 1.75. The van der Waals surface area contributed by atoms with E-state index < -0.39 is 24.0 Å². The van der Waals surface area contributed by atoms with Crippen molar-refractivity contribution in [2.45, 2.75) is 31.5 Å². The molecule has 0 aliphatic heterocycles. The van der Waals surface area contributed by atoms with E-state index in [1.165, 1.54) is 0 Å². The van der Waals surface area contributed by atoms with Crippen LogP contribution < -0.4 is 0 Å². The normalized spacial score (nSPS) is 13.7. The molecule has 0 amide bonds. The van der Waals surface area contributed by atoms with Crippen LogP contribution in [0.4, 0.5) is 0 Å². The Labute approximate surface area is 116 Å². The third-order valence-electron chi connectivity index (χ3n) is 2.83. The highest BCUT2D eigenvalue weighted by Crippen LogP contribution is 2.18. The minimum absolute atomic E-state index is 0.163. The number of carboxylic acid groups (broad SMARTS) is 2. The molecule has 6 heteroatoms. The molecular formula is C14H18O6. The quantitative estimate of drug-likeness (QED) is 0.589. The third kappa shape index (κ3) is 5.38. The monoisotopic (exact) mass is 282 g/mol. The molecule has 0 saturated carbocycles. The van der Waals surface area contributed by atoms with E-state index in [-0.39, 0.29) is 19.4 Å². The zero-order valence-corrected chi connectivity index (χ0v) is 11.0. The first-order valence-corrected chi connectivity index (χ1v) is 6.23. The molecule has 1 atom stereocenters. The number of ether oxygens (including phenoxy) is 1. The molecular weight excluding hydrogens is 264 g/mol. The van der Waals surface area contributed by atoms with E-state index in [0.29, 0.717) is 6.61 Å². The van der Waals surface area contributed by atoms with Crippen molar-refractivity contribution < 1.29 is 29.6 Å². The van der Waals surface area contributed by atoms with Crippen LogP contribution in [-0.4, -0.2) is 39.5 Å². The summed E-state index contributed by atoms with van der Waals surface area (Å²) < 4.78 is 5.35. The molecule has 6 nitrogen and oxygen atoms in total. The number of carboxylic acids is 2. The van der Waals surface area contributed by atoms with Crippen LogP contribution in [0.5, 0.6) is 0 Å². The molecule has 0 saturated heterocycles. The van der Waals surface area contributed by atoms with Gasteiger partial charge in [-0.3, -0.25) is 4.79 Å². The van der Waals surface area contributed by atoms with Gasteiger partial charge in [0, 0.05) is 6.61 Å². The Morgan fingerprint density at radius 3 is 2.35 bits per heavy atom. The molecule has 0 bridgehead atoms. The summed E-state index contributed by atoms with van der Waals surface area (Å²) in [6.45, 7) is 0.648. The number of hydrogen-bond acceptors (Lipinski definition) is 4. The standard InChI is InChI=1S/C14H18O6/c15-12(16)9-14(19,13(17)18)7-4-8-20-10-11-5-2-1-3-6-11/h1-3,5-6,19H,4,7-10H2,(H,15,16)(H,17,18). The van der Waals surface area contributed by atoms with Crippen LogP contribution in [0.1, 0.15) is 24.8 Å². The summed E-state index contributed by atoms with van der Waals surface area (Å²) in [5.74, 6) is -2.87. The van der Waals surface area contributed by atoms with Crippen molar-refractivity contribution in [3.05, 3.63) is 35.9 Å². The summed E-state index contributed by atoms with van der Waals surface area (Å²) in [6.07, 6.45) is -0.715.